The highest BCUT2D eigenvalue weighted by molar-refractivity contribution is 5.96. The third kappa shape index (κ3) is 4.22. The molecular formula is C19H24N2O5. The van der Waals surface area contributed by atoms with Crippen LogP contribution >= 0.6 is 0 Å². The van der Waals surface area contributed by atoms with Gasteiger partial charge in [0.15, 0.2) is 6.61 Å². The zero-order valence-corrected chi connectivity index (χ0v) is 15.1. The number of nitrogens with zero attached hydrogens (tertiary/aromatic N) is 2. The van der Waals surface area contributed by atoms with E-state index in [2.05, 4.69) is 0 Å². The SMILES string of the molecule is C[C@H]1CN(C(=O)COC(=O)c2ccc(N3CCCC3=O)cc2)C[C@H](C)O1. The second-order valence-electron chi connectivity index (χ2n) is 6.83. The Morgan fingerprint density at radius 2 is 1.81 bits per heavy atom. The molecule has 0 radical (unpaired) electrons. The van der Waals surface area contributed by atoms with Crippen LogP contribution in [-0.4, -0.2) is 61.1 Å². The minimum atomic E-state index is -0.549. The molecule has 0 saturated carbocycles. The molecule has 0 aliphatic carbocycles. The Morgan fingerprint density at radius 1 is 1.15 bits per heavy atom. The molecule has 0 N–H and O–H groups in total. The highest BCUT2D eigenvalue weighted by Gasteiger charge is 2.26. The summed E-state index contributed by atoms with van der Waals surface area (Å²) in [6, 6.07) is 6.69. The predicted octanol–water partition coefficient (Wildman–Crippen LogP) is 1.61. The minimum absolute atomic E-state index is 0.0285. The molecule has 2 atom stereocenters. The molecule has 0 spiro atoms. The smallest absolute Gasteiger partial charge is 0.338 e. The summed E-state index contributed by atoms with van der Waals surface area (Å²) in [4.78, 5) is 39.5. The number of rotatable bonds is 4. The van der Waals surface area contributed by atoms with Crippen LogP contribution in [-0.2, 0) is 19.1 Å². The summed E-state index contributed by atoms with van der Waals surface area (Å²) in [5.74, 6) is -0.675. The quantitative estimate of drug-likeness (QED) is 0.763. The average Bonchev–Trinajstić information content (AvgIpc) is 3.04. The molecule has 2 aliphatic rings. The zero-order valence-electron chi connectivity index (χ0n) is 15.1. The van der Waals surface area contributed by atoms with Gasteiger partial charge in [-0.05, 0) is 44.5 Å². The van der Waals surface area contributed by atoms with Crippen LogP contribution in [0.5, 0.6) is 0 Å². The number of benzene rings is 1. The van der Waals surface area contributed by atoms with Crippen LogP contribution in [0.1, 0.15) is 37.0 Å². The van der Waals surface area contributed by atoms with Crippen molar-refractivity contribution < 1.29 is 23.9 Å². The summed E-state index contributed by atoms with van der Waals surface area (Å²) in [5.41, 5.74) is 1.13. The fraction of sp³-hybridized carbons (Fsp3) is 0.526. The first-order valence-corrected chi connectivity index (χ1v) is 8.95. The summed E-state index contributed by atoms with van der Waals surface area (Å²) in [7, 11) is 0. The molecule has 1 aromatic rings. The molecule has 26 heavy (non-hydrogen) atoms. The molecule has 0 unspecified atom stereocenters. The van der Waals surface area contributed by atoms with E-state index in [1.54, 1.807) is 34.1 Å². The van der Waals surface area contributed by atoms with Gasteiger partial charge >= 0.3 is 5.97 Å². The molecule has 2 fully saturated rings. The Balaban J connectivity index is 1.53. The van der Waals surface area contributed by atoms with Crippen molar-refractivity contribution in [2.24, 2.45) is 0 Å². The molecule has 2 saturated heterocycles. The van der Waals surface area contributed by atoms with Crippen LogP contribution in [0.3, 0.4) is 0 Å². The molecule has 7 heteroatoms. The predicted molar refractivity (Wildman–Crippen MR) is 94.9 cm³/mol. The van der Waals surface area contributed by atoms with Gasteiger partial charge < -0.3 is 19.3 Å². The normalized spacial score (nSPS) is 23.2. The van der Waals surface area contributed by atoms with E-state index in [9.17, 15) is 14.4 Å². The first-order valence-electron chi connectivity index (χ1n) is 8.95. The van der Waals surface area contributed by atoms with Gasteiger partial charge in [-0.25, -0.2) is 4.79 Å². The number of carbonyl (C=O) groups excluding carboxylic acids is 3. The lowest BCUT2D eigenvalue weighted by Crippen LogP contribution is -2.49. The third-order valence-electron chi connectivity index (χ3n) is 4.59. The first-order chi connectivity index (χ1) is 12.4. The lowest BCUT2D eigenvalue weighted by Gasteiger charge is -2.35. The maximum atomic E-state index is 12.2. The van der Waals surface area contributed by atoms with Gasteiger partial charge in [0.2, 0.25) is 5.91 Å². The van der Waals surface area contributed by atoms with Crippen molar-refractivity contribution in [1.82, 2.24) is 4.90 Å². The number of esters is 1. The van der Waals surface area contributed by atoms with E-state index in [1.807, 2.05) is 13.8 Å². The van der Waals surface area contributed by atoms with Gasteiger partial charge in [0.05, 0.1) is 17.8 Å². The molecular weight excluding hydrogens is 336 g/mol. The largest absolute Gasteiger partial charge is 0.452 e. The van der Waals surface area contributed by atoms with Crippen molar-refractivity contribution in [3.63, 3.8) is 0 Å². The van der Waals surface area contributed by atoms with Gasteiger partial charge in [-0.3, -0.25) is 9.59 Å². The molecule has 140 valence electrons. The molecule has 7 nitrogen and oxygen atoms in total. The summed E-state index contributed by atoms with van der Waals surface area (Å²) in [6.45, 7) is 5.24. The van der Waals surface area contributed by atoms with E-state index in [-0.39, 0.29) is 30.6 Å². The molecule has 2 amide bonds. The standard InChI is InChI=1S/C19H24N2O5/c1-13-10-20(11-14(2)26-13)18(23)12-25-19(24)15-5-7-16(8-6-15)21-9-3-4-17(21)22/h5-8,13-14H,3-4,9-12H2,1-2H3/t13-,14-/m0/s1. The van der Waals surface area contributed by atoms with Gasteiger partial charge in [-0.1, -0.05) is 0 Å². The van der Waals surface area contributed by atoms with Crippen molar-refractivity contribution in [1.29, 1.82) is 0 Å². The minimum Gasteiger partial charge on any atom is -0.452 e. The van der Waals surface area contributed by atoms with Crippen LogP contribution < -0.4 is 4.90 Å². The van der Waals surface area contributed by atoms with Gasteiger partial charge in [0.25, 0.3) is 5.91 Å². The second kappa shape index (κ2) is 7.86. The van der Waals surface area contributed by atoms with E-state index >= 15 is 0 Å². The fourth-order valence-electron chi connectivity index (χ4n) is 3.38. The number of hydrogen-bond donors (Lipinski definition) is 0. The maximum Gasteiger partial charge on any atom is 0.338 e. The number of morpholine rings is 1. The second-order valence-corrected chi connectivity index (χ2v) is 6.83. The topological polar surface area (TPSA) is 76.2 Å². The van der Waals surface area contributed by atoms with Gasteiger partial charge in [0.1, 0.15) is 0 Å². The van der Waals surface area contributed by atoms with E-state index in [0.717, 1.165) is 12.1 Å². The number of carbonyl (C=O) groups is 3. The Bertz CT molecular complexity index is 678. The Morgan fingerprint density at radius 3 is 2.38 bits per heavy atom. The molecule has 2 aliphatic heterocycles. The van der Waals surface area contributed by atoms with Crippen molar-refractivity contribution in [3.8, 4) is 0 Å². The lowest BCUT2D eigenvalue weighted by molar-refractivity contribution is -0.146. The van der Waals surface area contributed by atoms with Gasteiger partial charge in [-0.2, -0.15) is 0 Å². The number of hydrogen-bond acceptors (Lipinski definition) is 5. The number of ether oxygens (including phenoxy) is 2. The van der Waals surface area contributed by atoms with E-state index in [0.29, 0.717) is 31.6 Å². The van der Waals surface area contributed by atoms with Crippen LogP contribution in [0.2, 0.25) is 0 Å². The highest BCUT2D eigenvalue weighted by atomic mass is 16.5. The van der Waals surface area contributed by atoms with E-state index in [4.69, 9.17) is 9.47 Å². The maximum absolute atomic E-state index is 12.2. The zero-order chi connectivity index (χ0) is 18.7. The first kappa shape index (κ1) is 18.4. The van der Waals surface area contributed by atoms with Crippen LogP contribution in [0.25, 0.3) is 0 Å². The number of anilines is 1. The lowest BCUT2D eigenvalue weighted by atomic mass is 10.2. The van der Waals surface area contributed by atoms with Crippen molar-refractivity contribution >= 4 is 23.5 Å². The summed E-state index contributed by atoms with van der Waals surface area (Å²) >= 11 is 0. The van der Waals surface area contributed by atoms with Crippen molar-refractivity contribution in [3.05, 3.63) is 29.8 Å². The summed E-state index contributed by atoms with van der Waals surface area (Å²) in [6.07, 6.45) is 1.35. The van der Waals surface area contributed by atoms with Crippen molar-refractivity contribution in [2.75, 3.05) is 31.1 Å². The molecule has 3 rings (SSSR count). The van der Waals surface area contributed by atoms with Crippen LogP contribution in [0.15, 0.2) is 24.3 Å². The Kier molecular flexibility index (Phi) is 5.56. The fourth-order valence-corrected chi connectivity index (χ4v) is 3.38. The monoisotopic (exact) mass is 360 g/mol. The van der Waals surface area contributed by atoms with Gasteiger partial charge in [-0.15, -0.1) is 0 Å². The van der Waals surface area contributed by atoms with E-state index < -0.39 is 5.97 Å². The average molecular weight is 360 g/mol. The third-order valence-corrected chi connectivity index (χ3v) is 4.59. The van der Waals surface area contributed by atoms with Gasteiger partial charge in [0, 0.05) is 31.7 Å². The van der Waals surface area contributed by atoms with Crippen molar-refractivity contribution in [2.45, 2.75) is 38.9 Å². The van der Waals surface area contributed by atoms with E-state index in [1.165, 1.54) is 0 Å². The molecule has 0 aromatic heterocycles. The van der Waals surface area contributed by atoms with Crippen LogP contribution in [0, 0.1) is 0 Å². The van der Waals surface area contributed by atoms with Crippen LogP contribution in [0.4, 0.5) is 5.69 Å². The Labute approximate surface area is 152 Å². The highest BCUT2D eigenvalue weighted by Crippen LogP contribution is 2.21. The summed E-state index contributed by atoms with van der Waals surface area (Å²) < 4.78 is 10.7. The summed E-state index contributed by atoms with van der Waals surface area (Å²) in [5, 5.41) is 0. The molecule has 2 heterocycles. The molecule has 1 aromatic carbocycles. The molecule has 0 bridgehead atoms. The number of amides is 2. The Hall–Kier alpha value is -2.41.